The van der Waals surface area contributed by atoms with E-state index in [1.807, 2.05) is 0 Å². The van der Waals surface area contributed by atoms with Crippen LogP contribution in [0.5, 0.6) is 0 Å². The van der Waals surface area contributed by atoms with E-state index in [0.29, 0.717) is 11.8 Å². The van der Waals surface area contributed by atoms with E-state index < -0.39 is 0 Å². The predicted octanol–water partition coefficient (Wildman–Crippen LogP) is 3.22. The molecule has 2 aliphatic rings. The van der Waals surface area contributed by atoms with Crippen LogP contribution in [0.4, 0.5) is 0 Å². The molecule has 0 atom stereocenters. The molecular formula is C14H19NOS. The molecular weight excluding hydrogens is 230 g/mol. The van der Waals surface area contributed by atoms with E-state index in [-0.39, 0.29) is 0 Å². The molecule has 92 valence electrons. The highest BCUT2D eigenvalue weighted by molar-refractivity contribution is 7.07. The zero-order valence-corrected chi connectivity index (χ0v) is 10.9. The minimum absolute atomic E-state index is 0.465. The molecule has 0 amide bonds. The number of nitrogens with zero attached hydrogens (tertiary/aromatic N) is 1. The van der Waals surface area contributed by atoms with Gasteiger partial charge in [0.05, 0.1) is 0 Å². The predicted molar refractivity (Wildman–Crippen MR) is 70.1 cm³/mol. The highest BCUT2D eigenvalue weighted by Gasteiger charge is 2.35. The van der Waals surface area contributed by atoms with Crippen LogP contribution in [0.2, 0.25) is 0 Å². The number of hydrogen-bond donors (Lipinski definition) is 0. The lowest BCUT2D eigenvalue weighted by Crippen LogP contribution is -2.39. The van der Waals surface area contributed by atoms with E-state index in [1.54, 1.807) is 11.3 Å². The SMILES string of the molecule is O=C1CCC(N(Cc2ccsc2)C2CC2)CC1. The van der Waals surface area contributed by atoms with Gasteiger partial charge in [-0.1, -0.05) is 0 Å². The van der Waals surface area contributed by atoms with E-state index in [1.165, 1.54) is 18.4 Å². The van der Waals surface area contributed by atoms with Crippen molar-refractivity contribution in [2.75, 3.05) is 0 Å². The minimum atomic E-state index is 0.465. The van der Waals surface area contributed by atoms with E-state index in [0.717, 1.165) is 38.3 Å². The molecule has 0 saturated heterocycles. The summed E-state index contributed by atoms with van der Waals surface area (Å²) in [4.78, 5) is 14.0. The molecule has 2 aliphatic carbocycles. The van der Waals surface area contributed by atoms with Crippen molar-refractivity contribution < 1.29 is 4.79 Å². The molecule has 2 fully saturated rings. The summed E-state index contributed by atoms with van der Waals surface area (Å²) in [5, 5.41) is 4.41. The summed E-state index contributed by atoms with van der Waals surface area (Å²) in [5.74, 6) is 0.465. The van der Waals surface area contributed by atoms with Gasteiger partial charge in [0.1, 0.15) is 5.78 Å². The zero-order chi connectivity index (χ0) is 11.7. The van der Waals surface area contributed by atoms with Gasteiger partial charge in [-0.15, -0.1) is 0 Å². The fraction of sp³-hybridized carbons (Fsp3) is 0.643. The summed E-state index contributed by atoms with van der Waals surface area (Å²) in [5.41, 5.74) is 1.44. The van der Waals surface area contributed by atoms with Crippen LogP contribution in [0.1, 0.15) is 44.1 Å². The maximum absolute atomic E-state index is 11.3. The molecule has 0 aromatic carbocycles. The van der Waals surface area contributed by atoms with Crippen LogP contribution in [-0.2, 0) is 11.3 Å². The van der Waals surface area contributed by atoms with Crippen LogP contribution < -0.4 is 0 Å². The van der Waals surface area contributed by atoms with Gasteiger partial charge in [0, 0.05) is 31.5 Å². The Morgan fingerprint density at radius 3 is 2.47 bits per heavy atom. The lowest BCUT2D eigenvalue weighted by Gasteiger charge is -2.34. The molecule has 0 unspecified atom stereocenters. The summed E-state index contributed by atoms with van der Waals surface area (Å²) >= 11 is 1.78. The Bertz CT molecular complexity index is 373. The highest BCUT2D eigenvalue weighted by atomic mass is 32.1. The van der Waals surface area contributed by atoms with E-state index >= 15 is 0 Å². The topological polar surface area (TPSA) is 20.3 Å². The third-order valence-corrected chi connectivity index (χ3v) is 4.68. The Morgan fingerprint density at radius 1 is 1.18 bits per heavy atom. The Hall–Kier alpha value is -0.670. The van der Waals surface area contributed by atoms with Crippen LogP contribution >= 0.6 is 11.3 Å². The van der Waals surface area contributed by atoms with Gasteiger partial charge in [-0.05, 0) is 48.1 Å². The number of thiophene rings is 1. The van der Waals surface area contributed by atoms with Gasteiger partial charge in [-0.3, -0.25) is 9.69 Å². The first-order valence-electron chi connectivity index (χ1n) is 6.61. The third kappa shape index (κ3) is 2.78. The Kier molecular flexibility index (Phi) is 3.30. The van der Waals surface area contributed by atoms with Crippen molar-refractivity contribution >= 4 is 17.1 Å². The molecule has 3 rings (SSSR count). The Labute approximate surface area is 107 Å². The molecule has 3 heteroatoms. The Morgan fingerprint density at radius 2 is 1.88 bits per heavy atom. The molecule has 2 nitrogen and oxygen atoms in total. The standard InChI is InChI=1S/C14H19NOS/c16-14-5-3-13(4-6-14)15(12-1-2-12)9-11-7-8-17-10-11/h7-8,10,12-13H,1-6,9H2. The van der Waals surface area contributed by atoms with Gasteiger partial charge >= 0.3 is 0 Å². The Balaban J connectivity index is 1.65. The second-order valence-corrected chi connectivity index (χ2v) is 6.08. The first kappa shape index (κ1) is 11.4. The van der Waals surface area contributed by atoms with E-state index in [4.69, 9.17) is 0 Å². The highest BCUT2D eigenvalue weighted by Crippen LogP contribution is 2.34. The summed E-state index contributed by atoms with van der Waals surface area (Å²) in [7, 11) is 0. The maximum atomic E-state index is 11.3. The van der Waals surface area contributed by atoms with Crippen LogP contribution in [0.25, 0.3) is 0 Å². The maximum Gasteiger partial charge on any atom is 0.133 e. The first-order chi connectivity index (χ1) is 8.33. The molecule has 1 heterocycles. The van der Waals surface area contributed by atoms with Crippen molar-refractivity contribution in [2.45, 2.75) is 57.2 Å². The van der Waals surface area contributed by atoms with Gasteiger partial charge in [0.2, 0.25) is 0 Å². The summed E-state index contributed by atoms with van der Waals surface area (Å²) in [6, 6.07) is 3.68. The molecule has 0 bridgehead atoms. The first-order valence-corrected chi connectivity index (χ1v) is 7.56. The molecule has 0 N–H and O–H groups in total. The van der Waals surface area contributed by atoms with Crippen molar-refractivity contribution in [2.24, 2.45) is 0 Å². The number of carbonyl (C=O) groups excluding carboxylic acids is 1. The molecule has 1 aromatic rings. The van der Waals surface area contributed by atoms with E-state index in [2.05, 4.69) is 21.7 Å². The van der Waals surface area contributed by atoms with Crippen molar-refractivity contribution in [3.05, 3.63) is 22.4 Å². The average molecular weight is 249 g/mol. The fourth-order valence-corrected chi connectivity index (χ4v) is 3.47. The van der Waals surface area contributed by atoms with Gasteiger partial charge in [0.25, 0.3) is 0 Å². The second-order valence-electron chi connectivity index (χ2n) is 5.30. The quantitative estimate of drug-likeness (QED) is 0.816. The average Bonchev–Trinajstić information content (AvgIpc) is 3.05. The van der Waals surface area contributed by atoms with Gasteiger partial charge < -0.3 is 0 Å². The van der Waals surface area contributed by atoms with Crippen molar-refractivity contribution in [1.82, 2.24) is 4.90 Å². The monoisotopic (exact) mass is 249 g/mol. The normalized spacial score (nSPS) is 22.3. The van der Waals surface area contributed by atoms with Crippen LogP contribution in [0.3, 0.4) is 0 Å². The molecule has 0 radical (unpaired) electrons. The van der Waals surface area contributed by atoms with Crippen molar-refractivity contribution in [3.63, 3.8) is 0 Å². The lowest BCUT2D eigenvalue weighted by atomic mass is 9.93. The summed E-state index contributed by atoms with van der Waals surface area (Å²) in [6.45, 7) is 1.09. The van der Waals surface area contributed by atoms with Gasteiger partial charge in [-0.2, -0.15) is 11.3 Å². The van der Waals surface area contributed by atoms with E-state index in [9.17, 15) is 4.79 Å². The molecule has 0 spiro atoms. The molecule has 2 saturated carbocycles. The lowest BCUT2D eigenvalue weighted by molar-refractivity contribution is -0.121. The number of carbonyl (C=O) groups is 1. The molecule has 17 heavy (non-hydrogen) atoms. The van der Waals surface area contributed by atoms with Gasteiger partial charge in [-0.25, -0.2) is 0 Å². The number of rotatable bonds is 4. The van der Waals surface area contributed by atoms with Crippen molar-refractivity contribution in [1.29, 1.82) is 0 Å². The molecule has 1 aromatic heterocycles. The minimum Gasteiger partial charge on any atom is -0.300 e. The summed E-state index contributed by atoms with van der Waals surface area (Å²) < 4.78 is 0. The van der Waals surface area contributed by atoms with Crippen LogP contribution in [-0.4, -0.2) is 22.8 Å². The number of Topliss-reactive ketones (excluding diaryl/α,β-unsaturated/α-hetero) is 1. The smallest absolute Gasteiger partial charge is 0.133 e. The second kappa shape index (κ2) is 4.91. The number of ketones is 1. The van der Waals surface area contributed by atoms with Crippen LogP contribution in [0.15, 0.2) is 16.8 Å². The number of hydrogen-bond acceptors (Lipinski definition) is 3. The summed E-state index contributed by atoms with van der Waals surface area (Å²) in [6.07, 6.45) is 6.48. The molecule has 0 aliphatic heterocycles. The van der Waals surface area contributed by atoms with Crippen molar-refractivity contribution in [3.8, 4) is 0 Å². The van der Waals surface area contributed by atoms with Gasteiger partial charge in [0.15, 0.2) is 0 Å². The zero-order valence-electron chi connectivity index (χ0n) is 10.1. The fourth-order valence-electron chi connectivity index (χ4n) is 2.81. The van der Waals surface area contributed by atoms with Crippen LogP contribution in [0, 0.1) is 0 Å². The third-order valence-electron chi connectivity index (χ3n) is 3.94. The largest absolute Gasteiger partial charge is 0.300 e.